The number of nitrogens with two attached hydrogens (primary N) is 1. The quantitative estimate of drug-likeness (QED) is 0.821. The van der Waals surface area contributed by atoms with Crippen molar-refractivity contribution in [1.82, 2.24) is 0 Å². The Kier molecular flexibility index (Phi) is 3.25. The number of benzene rings is 1. The third-order valence-electron chi connectivity index (χ3n) is 3.45. The molecule has 0 spiro atoms. The highest BCUT2D eigenvalue weighted by atomic mass is 16.4. The lowest BCUT2D eigenvalue weighted by Crippen LogP contribution is -2.19. The first-order valence-corrected chi connectivity index (χ1v) is 5.77. The molecule has 1 aliphatic rings. The van der Waals surface area contributed by atoms with E-state index in [-0.39, 0.29) is 6.04 Å². The van der Waals surface area contributed by atoms with Gasteiger partial charge in [-0.3, -0.25) is 0 Å². The molecule has 0 heterocycles. The largest absolute Gasteiger partial charge is 0.478 e. The topological polar surface area (TPSA) is 63.3 Å². The molecule has 1 fully saturated rings. The third kappa shape index (κ3) is 2.25. The van der Waals surface area contributed by atoms with Gasteiger partial charge in [0.15, 0.2) is 0 Å². The smallest absolute Gasteiger partial charge is 0.335 e. The third-order valence-corrected chi connectivity index (χ3v) is 3.45. The van der Waals surface area contributed by atoms with Crippen LogP contribution in [0.3, 0.4) is 0 Å². The van der Waals surface area contributed by atoms with E-state index in [1.165, 1.54) is 25.7 Å². The van der Waals surface area contributed by atoms with Gasteiger partial charge in [0.1, 0.15) is 0 Å². The maximum absolute atomic E-state index is 10.7. The molecule has 0 bridgehead atoms. The van der Waals surface area contributed by atoms with Crippen LogP contribution in [-0.4, -0.2) is 11.1 Å². The molecule has 3 heteroatoms. The summed E-state index contributed by atoms with van der Waals surface area (Å²) in [7, 11) is 0. The average Bonchev–Trinajstić information content (AvgIpc) is 2.81. The summed E-state index contributed by atoms with van der Waals surface area (Å²) in [5.41, 5.74) is 7.55. The van der Waals surface area contributed by atoms with Gasteiger partial charge in [0, 0.05) is 6.04 Å². The van der Waals surface area contributed by atoms with Crippen molar-refractivity contribution in [2.24, 2.45) is 11.7 Å². The summed E-state index contributed by atoms with van der Waals surface area (Å²) in [5.74, 6) is -0.323. The van der Waals surface area contributed by atoms with Crippen LogP contribution in [0.1, 0.15) is 47.6 Å². The highest BCUT2D eigenvalue weighted by molar-refractivity contribution is 5.87. The molecule has 3 nitrogen and oxygen atoms in total. The molecule has 1 saturated carbocycles. The van der Waals surface area contributed by atoms with Gasteiger partial charge in [0.05, 0.1) is 5.56 Å². The Balaban J connectivity index is 2.11. The molecule has 0 aliphatic heterocycles. The van der Waals surface area contributed by atoms with Crippen LogP contribution in [-0.2, 0) is 0 Å². The molecule has 16 heavy (non-hydrogen) atoms. The second kappa shape index (κ2) is 4.66. The summed E-state index contributed by atoms with van der Waals surface area (Å²) in [6.07, 6.45) is 4.93. The van der Waals surface area contributed by atoms with Gasteiger partial charge in [-0.25, -0.2) is 4.79 Å². The van der Waals surface area contributed by atoms with E-state index in [9.17, 15) is 4.79 Å². The van der Waals surface area contributed by atoms with E-state index in [4.69, 9.17) is 10.8 Å². The zero-order valence-electron chi connectivity index (χ0n) is 9.23. The fourth-order valence-corrected chi connectivity index (χ4v) is 2.44. The summed E-state index contributed by atoms with van der Waals surface area (Å²) in [6.45, 7) is 0. The predicted molar refractivity (Wildman–Crippen MR) is 62.3 cm³/mol. The van der Waals surface area contributed by atoms with Crippen molar-refractivity contribution >= 4 is 5.97 Å². The summed E-state index contributed by atoms with van der Waals surface area (Å²) >= 11 is 0. The molecule has 0 radical (unpaired) electrons. The molecule has 0 unspecified atom stereocenters. The summed E-state index contributed by atoms with van der Waals surface area (Å²) in [4.78, 5) is 10.7. The van der Waals surface area contributed by atoms with Gasteiger partial charge >= 0.3 is 5.97 Å². The highest BCUT2D eigenvalue weighted by Crippen LogP contribution is 2.34. The van der Waals surface area contributed by atoms with E-state index in [0.29, 0.717) is 11.5 Å². The van der Waals surface area contributed by atoms with Crippen LogP contribution in [0.5, 0.6) is 0 Å². The molecule has 3 N–H and O–H groups in total. The Morgan fingerprint density at radius 1 is 1.25 bits per heavy atom. The van der Waals surface area contributed by atoms with Crippen molar-refractivity contribution in [3.63, 3.8) is 0 Å². The summed E-state index contributed by atoms with van der Waals surface area (Å²) in [6, 6.07) is 7.00. The molecule has 86 valence electrons. The Morgan fingerprint density at radius 3 is 2.31 bits per heavy atom. The maximum atomic E-state index is 10.7. The van der Waals surface area contributed by atoms with Crippen molar-refractivity contribution in [3.05, 3.63) is 35.4 Å². The van der Waals surface area contributed by atoms with Gasteiger partial charge in [-0.05, 0) is 36.5 Å². The van der Waals surface area contributed by atoms with Gasteiger partial charge in [0.25, 0.3) is 0 Å². The van der Waals surface area contributed by atoms with Gasteiger partial charge in [-0.2, -0.15) is 0 Å². The Hall–Kier alpha value is -1.35. The van der Waals surface area contributed by atoms with Crippen LogP contribution in [0.15, 0.2) is 24.3 Å². The van der Waals surface area contributed by atoms with E-state index >= 15 is 0 Å². The molecule has 1 atom stereocenters. The van der Waals surface area contributed by atoms with Crippen LogP contribution < -0.4 is 5.73 Å². The zero-order valence-corrected chi connectivity index (χ0v) is 9.23. The lowest BCUT2D eigenvalue weighted by atomic mass is 9.92. The molecule has 1 aromatic rings. The Morgan fingerprint density at radius 2 is 1.81 bits per heavy atom. The number of rotatable bonds is 3. The number of aromatic carboxylic acids is 1. The molecular formula is C13H17NO2. The van der Waals surface area contributed by atoms with E-state index in [1.54, 1.807) is 12.1 Å². The molecule has 0 amide bonds. The van der Waals surface area contributed by atoms with E-state index < -0.39 is 5.97 Å². The van der Waals surface area contributed by atoms with E-state index in [2.05, 4.69) is 0 Å². The lowest BCUT2D eigenvalue weighted by Gasteiger charge is -2.19. The van der Waals surface area contributed by atoms with Crippen LogP contribution in [0, 0.1) is 5.92 Å². The standard InChI is InChI=1S/C13H17NO2/c14-12(9-3-1-2-4-9)10-5-7-11(8-6-10)13(15)16/h5-9,12H,1-4,14H2,(H,15,16)/t12-/m1/s1. The van der Waals surface area contributed by atoms with Crippen LogP contribution in [0.2, 0.25) is 0 Å². The second-order valence-corrected chi connectivity index (χ2v) is 4.50. The van der Waals surface area contributed by atoms with Crippen molar-refractivity contribution in [2.75, 3.05) is 0 Å². The highest BCUT2D eigenvalue weighted by Gasteiger charge is 2.23. The molecular weight excluding hydrogens is 202 g/mol. The lowest BCUT2D eigenvalue weighted by molar-refractivity contribution is 0.0697. The number of carbonyl (C=O) groups is 1. The minimum Gasteiger partial charge on any atom is -0.478 e. The average molecular weight is 219 g/mol. The Labute approximate surface area is 95.3 Å². The summed E-state index contributed by atoms with van der Waals surface area (Å²) < 4.78 is 0. The van der Waals surface area contributed by atoms with E-state index in [0.717, 1.165) is 5.56 Å². The monoisotopic (exact) mass is 219 g/mol. The first kappa shape index (κ1) is 11.1. The van der Waals surface area contributed by atoms with Gasteiger partial charge in [-0.15, -0.1) is 0 Å². The predicted octanol–water partition coefficient (Wildman–Crippen LogP) is 2.57. The summed E-state index contributed by atoms with van der Waals surface area (Å²) in [5, 5.41) is 8.79. The number of carboxylic acid groups (broad SMARTS) is 1. The normalized spacial score (nSPS) is 18.6. The first-order chi connectivity index (χ1) is 7.68. The molecule has 1 aliphatic carbocycles. The fraction of sp³-hybridized carbons (Fsp3) is 0.462. The first-order valence-electron chi connectivity index (χ1n) is 5.77. The van der Waals surface area contributed by atoms with Gasteiger partial charge in [0.2, 0.25) is 0 Å². The molecule has 1 aromatic carbocycles. The van der Waals surface area contributed by atoms with Crippen LogP contribution in [0.25, 0.3) is 0 Å². The zero-order chi connectivity index (χ0) is 11.5. The SMILES string of the molecule is N[C@@H](c1ccc(C(=O)O)cc1)C1CCCC1. The van der Waals surface area contributed by atoms with Crippen molar-refractivity contribution < 1.29 is 9.90 Å². The fourth-order valence-electron chi connectivity index (χ4n) is 2.44. The van der Waals surface area contributed by atoms with Crippen molar-refractivity contribution in [3.8, 4) is 0 Å². The van der Waals surface area contributed by atoms with Crippen LogP contribution in [0.4, 0.5) is 0 Å². The van der Waals surface area contributed by atoms with Gasteiger partial charge < -0.3 is 10.8 Å². The molecule has 0 aromatic heterocycles. The van der Waals surface area contributed by atoms with Crippen molar-refractivity contribution in [2.45, 2.75) is 31.7 Å². The Bertz CT molecular complexity index is 366. The maximum Gasteiger partial charge on any atom is 0.335 e. The van der Waals surface area contributed by atoms with Crippen LogP contribution >= 0.6 is 0 Å². The number of carboxylic acids is 1. The minimum atomic E-state index is -0.888. The number of hydrogen-bond donors (Lipinski definition) is 2. The number of hydrogen-bond acceptors (Lipinski definition) is 2. The van der Waals surface area contributed by atoms with Crippen molar-refractivity contribution in [1.29, 1.82) is 0 Å². The van der Waals surface area contributed by atoms with Gasteiger partial charge in [-0.1, -0.05) is 25.0 Å². The minimum absolute atomic E-state index is 0.0605. The van der Waals surface area contributed by atoms with E-state index in [1.807, 2.05) is 12.1 Å². The second-order valence-electron chi connectivity index (χ2n) is 4.50. The molecule has 2 rings (SSSR count). The molecule has 0 saturated heterocycles.